The van der Waals surface area contributed by atoms with Crippen LogP contribution in [0, 0.1) is 0 Å². The summed E-state index contributed by atoms with van der Waals surface area (Å²) in [5, 5.41) is 0. The van der Waals surface area contributed by atoms with Crippen molar-refractivity contribution in [2.75, 3.05) is 7.05 Å². The first-order valence-electron chi connectivity index (χ1n) is 4.03. The summed E-state index contributed by atoms with van der Waals surface area (Å²) in [7, 11) is 1.75. The fourth-order valence-corrected chi connectivity index (χ4v) is 0.901. The van der Waals surface area contributed by atoms with Gasteiger partial charge < -0.3 is 0 Å². The molecule has 0 amide bonds. The Kier molecular flexibility index (Phi) is 5.30. The average Bonchev–Trinajstić information content (AvgIpc) is 2.13. The smallest absolute Gasteiger partial charge is 0.0679 e. The molecule has 0 N–H and O–H groups in total. The molecule has 0 unspecified atom stereocenters. The lowest BCUT2D eigenvalue weighted by atomic mass is 10.1. The van der Waals surface area contributed by atoms with E-state index in [1.807, 2.05) is 19.9 Å². The van der Waals surface area contributed by atoms with Crippen molar-refractivity contribution < 1.29 is 0 Å². The predicted octanol–water partition coefficient (Wildman–Crippen LogP) is 3.08. The van der Waals surface area contributed by atoms with E-state index in [9.17, 15) is 0 Å². The van der Waals surface area contributed by atoms with Gasteiger partial charge >= 0.3 is 0 Å². The van der Waals surface area contributed by atoms with Crippen LogP contribution in [0.5, 0.6) is 0 Å². The molecule has 0 heterocycles. The zero-order valence-corrected chi connectivity index (χ0v) is 8.52. The van der Waals surface area contributed by atoms with Crippen LogP contribution >= 0.6 is 0 Å². The standard InChI is InChI=1S/C12H15N/c1-6-8-10(3)11(4)12(13-5)9-7-2/h8-9H,1-2H2,3-5H3/b11-10-,13-12?. The third kappa shape index (κ3) is 3.57. The first-order chi connectivity index (χ1) is 6.17. The minimum Gasteiger partial charge on any atom is -0.288 e. The molecule has 0 saturated carbocycles. The second kappa shape index (κ2) is 6.02. The second-order valence-corrected chi connectivity index (χ2v) is 2.61. The van der Waals surface area contributed by atoms with Gasteiger partial charge in [-0.2, -0.15) is 0 Å². The largest absolute Gasteiger partial charge is 0.288 e. The maximum atomic E-state index is 4.11. The van der Waals surface area contributed by atoms with Crippen LogP contribution in [-0.4, -0.2) is 12.8 Å². The molecule has 0 aromatic rings. The van der Waals surface area contributed by atoms with Crippen molar-refractivity contribution in [2.45, 2.75) is 13.8 Å². The van der Waals surface area contributed by atoms with Gasteiger partial charge in [0.1, 0.15) is 0 Å². The molecule has 0 aliphatic carbocycles. The van der Waals surface area contributed by atoms with E-state index in [2.05, 4.69) is 29.6 Å². The Morgan fingerprint density at radius 3 is 2.08 bits per heavy atom. The van der Waals surface area contributed by atoms with Crippen LogP contribution in [0.4, 0.5) is 0 Å². The van der Waals surface area contributed by atoms with Gasteiger partial charge in [-0.25, -0.2) is 0 Å². The lowest BCUT2D eigenvalue weighted by molar-refractivity contribution is 1.36. The van der Waals surface area contributed by atoms with Gasteiger partial charge in [0.05, 0.1) is 5.71 Å². The Morgan fingerprint density at radius 2 is 1.69 bits per heavy atom. The first kappa shape index (κ1) is 11.4. The summed E-state index contributed by atoms with van der Waals surface area (Å²) in [5.74, 6) is 0. The molecule has 0 atom stereocenters. The van der Waals surface area contributed by atoms with E-state index in [4.69, 9.17) is 0 Å². The molecule has 0 spiro atoms. The normalized spacial score (nSPS) is 12.4. The van der Waals surface area contributed by atoms with Crippen LogP contribution < -0.4 is 0 Å². The summed E-state index contributed by atoms with van der Waals surface area (Å²) in [6.07, 6.45) is 3.59. The van der Waals surface area contributed by atoms with Gasteiger partial charge in [0.25, 0.3) is 0 Å². The molecule has 0 bridgehead atoms. The minimum absolute atomic E-state index is 0.888. The highest BCUT2D eigenvalue weighted by molar-refractivity contribution is 6.08. The molecule has 0 aromatic carbocycles. The van der Waals surface area contributed by atoms with E-state index in [0.29, 0.717) is 0 Å². The molecular weight excluding hydrogens is 158 g/mol. The number of allylic oxidation sites excluding steroid dienone is 4. The van der Waals surface area contributed by atoms with Crippen molar-refractivity contribution in [3.05, 3.63) is 47.9 Å². The Balaban J connectivity index is 5.15. The van der Waals surface area contributed by atoms with Crippen molar-refractivity contribution >= 4 is 5.71 Å². The fourth-order valence-electron chi connectivity index (χ4n) is 0.901. The van der Waals surface area contributed by atoms with Gasteiger partial charge in [0, 0.05) is 13.1 Å². The van der Waals surface area contributed by atoms with Gasteiger partial charge in [-0.05, 0) is 31.1 Å². The third-order valence-corrected chi connectivity index (χ3v) is 1.77. The topological polar surface area (TPSA) is 12.4 Å². The predicted molar refractivity (Wildman–Crippen MR) is 59.2 cm³/mol. The molecule has 1 nitrogen and oxygen atoms in total. The Labute approximate surface area is 80.2 Å². The fraction of sp³-hybridized carbons (Fsp3) is 0.250. The quantitative estimate of drug-likeness (QED) is 0.353. The van der Waals surface area contributed by atoms with E-state index >= 15 is 0 Å². The highest BCUT2D eigenvalue weighted by Gasteiger charge is 1.98. The van der Waals surface area contributed by atoms with Crippen molar-refractivity contribution in [2.24, 2.45) is 4.99 Å². The molecular formula is C12H15N. The minimum atomic E-state index is 0.888. The molecule has 0 radical (unpaired) electrons. The Hall–Kier alpha value is -1.55. The Morgan fingerprint density at radius 1 is 1.15 bits per heavy atom. The van der Waals surface area contributed by atoms with Crippen LogP contribution in [0.3, 0.4) is 0 Å². The van der Waals surface area contributed by atoms with E-state index in [0.717, 1.165) is 16.9 Å². The molecule has 68 valence electrons. The highest BCUT2D eigenvalue weighted by atomic mass is 14.7. The molecule has 0 saturated heterocycles. The molecule has 0 aromatic heterocycles. The lowest BCUT2D eigenvalue weighted by Crippen LogP contribution is -1.97. The number of hydrogen-bond donors (Lipinski definition) is 0. The van der Waals surface area contributed by atoms with Gasteiger partial charge in [-0.1, -0.05) is 13.2 Å². The zero-order valence-electron chi connectivity index (χ0n) is 8.52. The summed E-state index contributed by atoms with van der Waals surface area (Å²) in [6.45, 7) is 11.0. The SMILES string of the molecule is C=C=CC(=NC)/C(C)=C(/C)C=C=C. The van der Waals surface area contributed by atoms with Crippen LogP contribution in [-0.2, 0) is 0 Å². The third-order valence-electron chi connectivity index (χ3n) is 1.77. The zero-order chi connectivity index (χ0) is 10.3. The van der Waals surface area contributed by atoms with Gasteiger partial charge in [-0.15, -0.1) is 11.5 Å². The van der Waals surface area contributed by atoms with Crippen LogP contribution in [0.25, 0.3) is 0 Å². The van der Waals surface area contributed by atoms with Gasteiger partial charge in [0.15, 0.2) is 0 Å². The maximum absolute atomic E-state index is 4.11. The summed E-state index contributed by atoms with van der Waals surface area (Å²) < 4.78 is 0. The van der Waals surface area contributed by atoms with Crippen LogP contribution in [0.15, 0.2) is 52.9 Å². The Bertz CT molecular complexity index is 330. The van der Waals surface area contributed by atoms with Crippen molar-refractivity contribution in [1.82, 2.24) is 0 Å². The molecule has 0 aliphatic rings. The van der Waals surface area contributed by atoms with Gasteiger partial charge in [-0.3, -0.25) is 4.99 Å². The molecule has 0 rings (SSSR count). The number of rotatable bonds is 3. The van der Waals surface area contributed by atoms with Crippen molar-refractivity contribution in [1.29, 1.82) is 0 Å². The van der Waals surface area contributed by atoms with Crippen molar-refractivity contribution in [3.8, 4) is 0 Å². The molecule has 13 heavy (non-hydrogen) atoms. The molecule has 1 heteroatoms. The van der Waals surface area contributed by atoms with Crippen LogP contribution in [0.2, 0.25) is 0 Å². The van der Waals surface area contributed by atoms with Crippen molar-refractivity contribution in [3.63, 3.8) is 0 Å². The van der Waals surface area contributed by atoms with E-state index in [1.54, 1.807) is 13.1 Å². The summed E-state index contributed by atoms with van der Waals surface area (Å²) in [5.41, 5.74) is 8.52. The number of aliphatic imine (C=N–C) groups is 1. The summed E-state index contributed by atoms with van der Waals surface area (Å²) in [4.78, 5) is 4.11. The highest BCUT2D eigenvalue weighted by Crippen LogP contribution is 2.07. The second-order valence-electron chi connectivity index (χ2n) is 2.61. The lowest BCUT2D eigenvalue weighted by Gasteiger charge is -2.01. The molecule has 0 fully saturated rings. The van der Waals surface area contributed by atoms with E-state index in [-0.39, 0.29) is 0 Å². The van der Waals surface area contributed by atoms with E-state index < -0.39 is 0 Å². The van der Waals surface area contributed by atoms with Gasteiger partial charge in [0.2, 0.25) is 0 Å². The average molecular weight is 173 g/mol. The number of nitrogens with zero attached hydrogens (tertiary/aromatic N) is 1. The molecule has 0 aliphatic heterocycles. The monoisotopic (exact) mass is 173 g/mol. The van der Waals surface area contributed by atoms with Crippen LogP contribution in [0.1, 0.15) is 13.8 Å². The summed E-state index contributed by atoms with van der Waals surface area (Å²) in [6, 6.07) is 0. The number of hydrogen-bond acceptors (Lipinski definition) is 1. The maximum Gasteiger partial charge on any atom is 0.0679 e. The van der Waals surface area contributed by atoms with E-state index in [1.165, 1.54) is 0 Å². The summed E-state index contributed by atoms with van der Waals surface area (Å²) >= 11 is 0. The first-order valence-corrected chi connectivity index (χ1v) is 4.03.